The number of carbonyl (C=O) groups excluding carboxylic acids is 1. The summed E-state index contributed by atoms with van der Waals surface area (Å²) in [5.74, 6) is -0.242. The molecule has 0 aliphatic carbocycles. The Balaban J connectivity index is 1.82. The SMILES string of the molecule is CCOC(=O)CCc1cccc(-c2ccc(S(=O)(=O)N(C)CC3CO3)c(CC)c2)n1. The fraction of sp³-hybridized carbons (Fsp3) is 0.455. The third kappa shape index (κ3) is 5.44. The first-order valence-electron chi connectivity index (χ1n) is 10.2. The van der Waals surface area contributed by atoms with Crippen molar-refractivity contribution in [2.75, 3.05) is 26.8 Å². The normalized spacial score (nSPS) is 15.9. The average Bonchev–Trinajstić information content (AvgIpc) is 3.56. The third-order valence-electron chi connectivity index (χ3n) is 4.99. The summed E-state index contributed by atoms with van der Waals surface area (Å²) in [6, 6.07) is 11.0. The molecule has 2 aromatic rings. The minimum absolute atomic E-state index is 0.00401. The fourth-order valence-corrected chi connectivity index (χ4v) is 4.71. The number of hydrogen-bond donors (Lipinski definition) is 0. The van der Waals surface area contributed by atoms with E-state index >= 15 is 0 Å². The Morgan fingerprint density at radius 1 is 1.27 bits per heavy atom. The van der Waals surface area contributed by atoms with E-state index < -0.39 is 10.0 Å². The molecule has 0 amide bonds. The monoisotopic (exact) mass is 432 g/mol. The number of ether oxygens (including phenoxy) is 2. The highest BCUT2D eigenvalue weighted by atomic mass is 32.2. The van der Waals surface area contributed by atoms with E-state index in [0.717, 1.165) is 22.5 Å². The molecule has 1 aromatic carbocycles. The molecular weight excluding hydrogens is 404 g/mol. The number of benzene rings is 1. The Morgan fingerprint density at radius 3 is 2.70 bits per heavy atom. The number of sulfonamides is 1. The van der Waals surface area contributed by atoms with Crippen LogP contribution in [0, 0.1) is 0 Å². The predicted octanol–water partition coefficient (Wildman–Crippen LogP) is 2.83. The largest absolute Gasteiger partial charge is 0.466 e. The van der Waals surface area contributed by atoms with Gasteiger partial charge in [0, 0.05) is 31.3 Å². The van der Waals surface area contributed by atoms with Gasteiger partial charge < -0.3 is 9.47 Å². The van der Waals surface area contributed by atoms with Crippen LogP contribution in [0.2, 0.25) is 0 Å². The van der Waals surface area contributed by atoms with Crippen LogP contribution < -0.4 is 0 Å². The Morgan fingerprint density at radius 2 is 2.03 bits per heavy atom. The van der Waals surface area contributed by atoms with Crippen molar-refractivity contribution in [1.29, 1.82) is 0 Å². The van der Waals surface area contributed by atoms with Gasteiger partial charge in [-0.25, -0.2) is 8.42 Å². The van der Waals surface area contributed by atoms with Crippen LogP contribution in [0.15, 0.2) is 41.3 Å². The minimum Gasteiger partial charge on any atom is -0.466 e. The van der Waals surface area contributed by atoms with Crippen molar-refractivity contribution in [3.8, 4) is 11.3 Å². The molecule has 30 heavy (non-hydrogen) atoms. The summed E-state index contributed by atoms with van der Waals surface area (Å²) in [6.07, 6.45) is 1.35. The Labute approximate surface area is 178 Å². The zero-order valence-electron chi connectivity index (χ0n) is 17.6. The van der Waals surface area contributed by atoms with Crippen molar-refractivity contribution in [3.63, 3.8) is 0 Å². The molecule has 1 atom stereocenters. The molecule has 1 aliphatic heterocycles. The summed E-state index contributed by atoms with van der Waals surface area (Å²) in [5.41, 5.74) is 3.13. The molecule has 0 N–H and O–H groups in total. The van der Waals surface area contributed by atoms with Gasteiger partial charge in [-0.05, 0) is 43.2 Å². The quantitative estimate of drug-likeness (QED) is 0.424. The third-order valence-corrected chi connectivity index (χ3v) is 6.91. The van der Waals surface area contributed by atoms with E-state index in [4.69, 9.17) is 9.47 Å². The summed E-state index contributed by atoms with van der Waals surface area (Å²) >= 11 is 0. The molecular formula is C22H28N2O5S. The van der Waals surface area contributed by atoms with Crippen LogP contribution in [0.3, 0.4) is 0 Å². The number of aryl methyl sites for hydroxylation is 2. The van der Waals surface area contributed by atoms with Crippen molar-refractivity contribution in [1.82, 2.24) is 9.29 Å². The Hall–Kier alpha value is -2.29. The van der Waals surface area contributed by atoms with Crippen LogP contribution in [-0.2, 0) is 37.1 Å². The molecule has 8 heteroatoms. The molecule has 7 nitrogen and oxygen atoms in total. The number of aromatic nitrogens is 1. The van der Waals surface area contributed by atoms with Crippen LogP contribution >= 0.6 is 0 Å². The predicted molar refractivity (Wildman–Crippen MR) is 114 cm³/mol. The van der Waals surface area contributed by atoms with Gasteiger partial charge in [-0.3, -0.25) is 9.78 Å². The van der Waals surface area contributed by atoms with Crippen LogP contribution in [0.5, 0.6) is 0 Å². The molecule has 1 saturated heterocycles. The van der Waals surface area contributed by atoms with Crippen molar-refractivity contribution in [2.45, 2.75) is 44.1 Å². The van der Waals surface area contributed by atoms with Crippen LogP contribution in [0.25, 0.3) is 11.3 Å². The summed E-state index contributed by atoms with van der Waals surface area (Å²) in [6.45, 7) is 5.05. The number of esters is 1. The smallest absolute Gasteiger partial charge is 0.306 e. The second-order valence-corrected chi connectivity index (χ2v) is 9.25. The van der Waals surface area contributed by atoms with Gasteiger partial charge in [-0.2, -0.15) is 4.31 Å². The lowest BCUT2D eigenvalue weighted by Gasteiger charge is -2.19. The van der Waals surface area contributed by atoms with Crippen LogP contribution in [0.1, 0.15) is 31.5 Å². The maximum atomic E-state index is 13.0. The molecule has 0 radical (unpaired) electrons. The topological polar surface area (TPSA) is 89.1 Å². The highest BCUT2D eigenvalue weighted by molar-refractivity contribution is 7.89. The minimum atomic E-state index is -3.59. The highest BCUT2D eigenvalue weighted by Crippen LogP contribution is 2.27. The first kappa shape index (κ1) is 22.4. The number of nitrogens with zero attached hydrogens (tertiary/aromatic N) is 2. The van der Waals surface area contributed by atoms with Gasteiger partial charge in [0.25, 0.3) is 0 Å². The first-order chi connectivity index (χ1) is 14.3. The van der Waals surface area contributed by atoms with Crippen molar-refractivity contribution in [2.24, 2.45) is 0 Å². The van der Waals surface area contributed by atoms with Gasteiger partial charge in [-0.15, -0.1) is 0 Å². The zero-order valence-corrected chi connectivity index (χ0v) is 18.4. The van der Waals surface area contributed by atoms with E-state index in [2.05, 4.69) is 4.98 Å². The van der Waals surface area contributed by atoms with Crippen LogP contribution in [0.4, 0.5) is 0 Å². The number of pyridine rings is 1. The maximum Gasteiger partial charge on any atom is 0.306 e. The molecule has 3 rings (SSSR count). The Bertz CT molecular complexity index is 1000. The molecule has 162 valence electrons. The van der Waals surface area contributed by atoms with Gasteiger partial charge in [0.2, 0.25) is 10.0 Å². The molecule has 1 aromatic heterocycles. The van der Waals surface area contributed by atoms with E-state index in [9.17, 15) is 13.2 Å². The van der Waals surface area contributed by atoms with Crippen molar-refractivity contribution in [3.05, 3.63) is 47.7 Å². The summed E-state index contributed by atoms with van der Waals surface area (Å²) in [7, 11) is -2.00. The van der Waals surface area contributed by atoms with Crippen molar-refractivity contribution >= 4 is 16.0 Å². The molecule has 2 heterocycles. The van der Waals surface area contributed by atoms with Gasteiger partial charge in [0.15, 0.2) is 0 Å². The lowest BCUT2D eigenvalue weighted by Crippen LogP contribution is -2.31. The second kappa shape index (κ2) is 9.68. The molecule has 1 unspecified atom stereocenters. The van der Waals surface area contributed by atoms with E-state index in [1.54, 1.807) is 26.1 Å². The van der Waals surface area contributed by atoms with E-state index in [-0.39, 0.29) is 18.5 Å². The second-order valence-electron chi connectivity index (χ2n) is 7.24. The van der Waals surface area contributed by atoms with Crippen LogP contribution in [-0.4, -0.2) is 56.6 Å². The van der Waals surface area contributed by atoms with E-state index in [0.29, 0.717) is 37.5 Å². The molecule has 0 spiro atoms. The summed E-state index contributed by atoms with van der Waals surface area (Å²) in [5, 5.41) is 0. The zero-order chi connectivity index (χ0) is 21.7. The first-order valence-corrected chi connectivity index (χ1v) is 11.6. The average molecular weight is 433 g/mol. The van der Waals surface area contributed by atoms with Gasteiger partial charge >= 0.3 is 5.97 Å². The molecule has 0 bridgehead atoms. The number of rotatable bonds is 10. The van der Waals surface area contributed by atoms with Gasteiger partial charge in [-0.1, -0.05) is 19.1 Å². The van der Waals surface area contributed by atoms with Gasteiger partial charge in [0.05, 0.1) is 36.3 Å². The lowest BCUT2D eigenvalue weighted by molar-refractivity contribution is -0.143. The maximum absolute atomic E-state index is 13.0. The standard InChI is InChI=1S/C22H28N2O5S/c1-4-16-13-17(9-11-21(16)30(26,27)24(3)14-19-15-29-19)20-8-6-7-18(23-20)10-12-22(25)28-5-2/h6-9,11,13,19H,4-5,10,12,14-15H2,1-3H3. The number of hydrogen-bond acceptors (Lipinski definition) is 6. The molecule has 0 saturated carbocycles. The van der Waals surface area contributed by atoms with E-state index in [1.807, 2.05) is 31.2 Å². The lowest BCUT2D eigenvalue weighted by atomic mass is 10.1. The van der Waals surface area contributed by atoms with E-state index in [1.165, 1.54) is 4.31 Å². The van der Waals surface area contributed by atoms with Crippen molar-refractivity contribution < 1.29 is 22.7 Å². The highest BCUT2D eigenvalue weighted by Gasteiger charge is 2.31. The number of carbonyl (C=O) groups is 1. The number of likely N-dealkylation sites (N-methyl/N-ethyl adjacent to an activating group) is 1. The molecule has 1 fully saturated rings. The van der Waals surface area contributed by atoms with Gasteiger partial charge in [0.1, 0.15) is 0 Å². The fourth-order valence-electron chi connectivity index (χ4n) is 3.24. The molecule has 1 aliphatic rings. The Kier molecular flexibility index (Phi) is 7.23. The number of epoxide rings is 1. The summed E-state index contributed by atoms with van der Waals surface area (Å²) < 4.78 is 37.5. The summed E-state index contributed by atoms with van der Waals surface area (Å²) in [4.78, 5) is 16.5.